The zero-order valence-electron chi connectivity index (χ0n) is 8.16. The van der Waals surface area contributed by atoms with Crippen LogP contribution in [0.3, 0.4) is 0 Å². The fourth-order valence-corrected chi connectivity index (χ4v) is 1.60. The van der Waals surface area contributed by atoms with Gasteiger partial charge >= 0.3 is 0 Å². The van der Waals surface area contributed by atoms with Crippen LogP contribution in [0.2, 0.25) is 0 Å². The maximum atomic E-state index is 11.4. The molecule has 2 rings (SSSR count). The molecule has 14 heavy (non-hydrogen) atoms. The number of carbonyl (C=O) groups excluding carboxylic acids is 1. The van der Waals surface area contributed by atoms with Crippen molar-refractivity contribution < 1.29 is 9.53 Å². The lowest BCUT2D eigenvalue weighted by Gasteiger charge is -2.23. The molecule has 0 spiro atoms. The topological polar surface area (TPSA) is 76.4 Å². The molecule has 80 valence electrons. The first kappa shape index (κ1) is 9.89. The van der Waals surface area contributed by atoms with Gasteiger partial charge in [-0.3, -0.25) is 4.79 Å². The fraction of sp³-hybridized carbons (Fsp3) is 0.889. The Kier molecular flexibility index (Phi) is 3.00. The molecule has 1 heterocycles. The summed E-state index contributed by atoms with van der Waals surface area (Å²) >= 11 is 0. The Labute approximate surface area is 83.4 Å². The van der Waals surface area contributed by atoms with Crippen LogP contribution in [0.15, 0.2) is 0 Å². The molecule has 1 saturated heterocycles. The van der Waals surface area contributed by atoms with Gasteiger partial charge in [-0.1, -0.05) is 0 Å². The van der Waals surface area contributed by atoms with Crippen LogP contribution in [0.5, 0.6) is 0 Å². The highest BCUT2D eigenvalue weighted by Crippen LogP contribution is 2.18. The average molecular weight is 199 g/mol. The molecule has 1 aliphatic carbocycles. The van der Waals surface area contributed by atoms with E-state index in [9.17, 15) is 4.79 Å². The normalized spacial score (nSPS) is 36.5. The van der Waals surface area contributed by atoms with E-state index in [1.807, 2.05) is 0 Å². The van der Waals surface area contributed by atoms with Crippen LogP contribution < -0.4 is 16.4 Å². The van der Waals surface area contributed by atoms with Crippen molar-refractivity contribution in [1.29, 1.82) is 0 Å². The number of ether oxygens (including phenoxy) is 1. The van der Waals surface area contributed by atoms with E-state index in [4.69, 9.17) is 10.5 Å². The van der Waals surface area contributed by atoms with Gasteiger partial charge in [0.05, 0.1) is 19.1 Å². The predicted molar refractivity (Wildman–Crippen MR) is 51.7 cm³/mol. The smallest absolute Gasteiger partial charge is 0.222 e. The SMILES string of the molecule is NC1CC1NC(=O)CC1CNCCO1. The molecule has 0 bridgehead atoms. The predicted octanol–water partition coefficient (Wildman–Crippen LogP) is -1.42. The van der Waals surface area contributed by atoms with Gasteiger partial charge in [0.25, 0.3) is 0 Å². The molecular weight excluding hydrogens is 182 g/mol. The van der Waals surface area contributed by atoms with Crippen molar-refractivity contribution in [2.24, 2.45) is 5.73 Å². The second-order valence-electron chi connectivity index (χ2n) is 3.97. The van der Waals surface area contributed by atoms with Crippen LogP contribution in [0.4, 0.5) is 0 Å². The van der Waals surface area contributed by atoms with Crippen molar-refractivity contribution >= 4 is 5.91 Å². The van der Waals surface area contributed by atoms with Gasteiger partial charge in [0.1, 0.15) is 0 Å². The van der Waals surface area contributed by atoms with Crippen LogP contribution in [0, 0.1) is 0 Å². The monoisotopic (exact) mass is 199 g/mol. The minimum Gasteiger partial charge on any atom is -0.375 e. The molecule has 1 amide bonds. The third-order valence-corrected chi connectivity index (χ3v) is 2.60. The maximum Gasteiger partial charge on any atom is 0.222 e. The van der Waals surface area contributed by atoms with Crippen LogP contribution in [0.25, 0.3) is 0 Å². The average Bonchev–Trinajstić information content (AvgIpc) is 2.83. The van der Waals surface area contributed by atoms with E-state index in [-0.39, 0.29) is 24.1 Å². The van der Waals surface area contributed by atoms with E-state index in [2.05, 4.69) is 10.6 Å². The zero-order valence-corrected chi connectivity index (χ0v) is 8.16. The van der Waals surface area contributed by atoms with Crippen LogP contribution >= 0.6 is 0 Å². The van der Waals surface area contributed by atoms with E-state index in [1.165, 1.54) is 0 Å². The highest BCUT2D eigenvalue weighted by atomic mass is 16.5. The summed E-state index contributed by atoms with van der Waals surface area (Å²) in [6.45, 7) is 2.34. The number of hydrogen-bond acceptors (Lipinski definition) is 4. The van der Waals surface area contributed by atoms with Gasteiger partial charge in [0, 0.05) is 25.2 Å². The van der Waals surface area contributed by atoms with Crippen molar-refractivity contribution in [2.75, 3.05) is 19.7 Å². The Morgan fingerprint density at radius 1 is 1.64 bits per heavy atom. The van der Waals surface area contributed by atoms with Crippen LogP contribution in [-0.4, -0.2) is 43.8 Å². The molecule has 0 aromatic heterocycles. The highest BCUT2D eigenvalue weighted by Gasteiger charge is 2.35. The van der Waals surface area contributed by atoms with E-state index >= 15 is 0 Å². The van der Waals surface area contributed by atoms with Crippen LogP contribution in [-0.2, 0) is 9.53 Å². The quantitative estimate of drug-likeness (QED) is 0.521. The lowest BCUT2D eigenvalue weighted by atomic mass is 10.2. The summed E-state index contributed by atoms with van der Waals surface area (Å²) in [5.41, 5.74) is 5.59. The third kappa shape index (κ3) is 2.67. The number of rotatable bonds is 3. The minimum atomic E-state index is 0.0266. The summed E-state index contributed by atoms with van der Waals surface area (Å²) in [7, 11) is 0. The van der Waals surface area contributed by atoms with Crippen molar-refractivity contribution in [3.05, 3.63) is 0 Å². The van der Waals surface area contributed by atoms with Gasteiger partial charge in [-0.25, -0.2) is 0 Å². The Morgan fingerprint density at radius 2 is 2.43 bits per heavy atom. The van der Waals surface area contributed by atoms with Gasteiger partial charge < -0.3 is 21.1 Å². The Bertz CT molecular complexity index is 216. The molecule has 4 N–H and O–H groups in total. The van der Waals surface area contributed by atoms with E-state index in [0.717, 1.165) is 19.5 Å². The van der Waals surface area contributed by atoms with Crippen molar-refractivity contribution in [3.8, 4) is 0 Å². The molecule has 2 fully saturated rings. The highest BCUT2D eigenvalue weighted by molar-refractivity contribution is 5.77. The second kappa shape index (κ2) is 4.25. The summed E-state index contributed by atoms with van der Waals surface area (Å²) in [5, 5.41) is 6.07. The molecule has 3 unspecified atom stereocenters. The van der Waals surface area contributed by atoms with Gasteiger partial charge in [0.15, 0.2) is 0 Å². The zero-order chi connectivity index (χ0) is 9.97. The van der Waals surface area contributed by atoms with E-state index in [0.29, 0.717) is 13.0 Å². The number of nitrogens with one attached hydrogen (secondary N) is 2. The molecule has 2 aliphatic rings. The molecular formula is C9H17N3O2. The van der Waals surface area contributed by atoms with Gasteiger partial charge in [-0.15, -0.1) is 0 Å². The number of amides is 1. The molecule has 0 aromatic rings. The van der Waals surface area contributed by atoms with Crippen molar-refractivity contribution in [3.63, 3.8) is 0 Å². The molecule has 5 heteroatoms. The summed E-state index contributed by atoms with van der Waals surface area (Å²) in [6.07, 6.45) is 1.38. The standard InChI is InChI=1S/C9H17N3O2/c10-7-4-8(7)12-9(13)3-6-5-11-1-2-14-6/h6-8,11H,1-5,10H2,(H,12,13). The van der Waals surface area contributed by atoms with Gasteiger partial charge in [-0.2, -0.15) is 0 Å². The number of nitrogens with two attached hydrogens (primary N) is 1. The van der Waals surface area contributed by atoms with E-state index in [1.54, 1.807) is 0 Å². The molecule has 1 aliphatic heterocycles. The maximum absolute atomic E-state index is 11.4. The Hall–Kier alpha value is -0.650. The number of carbonyl (C=O) groups is 1. The first-order valence-corrected chi connectivity index (χ1v) is 5.13. The Balaban J connectivity index is 1.65. The lowest BCUT2D eigenvalue weighted by Crippen LogP contribution is -2.42. The fourth-order valence-electron chi connectivity index (χ4n) is 1.60. The van der Waals surface area contributed by atoms with Crippen LogP contribution in [0.1, 0.15) is 12.8 Å². The van der Waals surface area contributed by atoms with Crippen molar-refractivity contribution in [2.45, 2.75) is 31.0 Å². The first-order valence-electron chi connectivity index (χ1n) is 5.13. The van der Waals surface area contributed by atoms with Gasteiger partial charge in [0.2, 0.25) is 5.91 Å². The van der Waals surface area contributed by atoms with Crippen molar-refractivity contribution in [1.82, 2.24) is 10.6 Å². The molecule has 3 atom stereocenters. The summed E-state index contributed by atoms with van der Waals surface area (Å²) in [6, 6.07) is 0.378. The number of morpholine rings is 1. The van der Waals surface area contributed by atoms with E-state index < -0.39 is 0 Å². The molecule has 0 radical (unpaired) electrons. The number of hydrogen-bond donors (Lipinski definition) is 3. The van der Waals surface area contributed by atoms with Gasteiger partial charge in [-0.05, 0) is 6.42 Å². The lowest BCUT2D eigenvalue weighted by molar-refractivity contribution is -0.124. The second-order valence-corrected chi connectivity index (χ2v) is 3.97. The molecule has 1 saturated carbocycles. The first-order chi connectivity index (χ1) is 6.75. The summed E-state index contributed by atoms with van der Waals surface area (Å²) < 4.78 is 5.42. The molecule has 5 nitrogen and oxygen atoms in total. The Morgan fingerprint density at radius 3 is 3.00 bits per heavy atom. The third-order valence-electron chi connectivity index (χ3n) is 2.60. The summed E-state index contributed by atoms with van der Waals surface area (Å²) in [5.74, 6) is 0.0525. The summed E-state index contributed by atoms with van der Waals surface area (Å²) in [4.78, 5) is 11.4. The minimum absolute atomic E-state index is 0.0266. The molecule has 0 aromatic carbocycles. The largest absolute Gasteiger partial charge is 0.375 e.